The van der Waals surface area contributed by atoms with Gasteiger partial charge >= 0.3 is 5.97 Å². The molecule has 0 atom stereocenters. The van der Waals surface area contributed by atoms with Crippen LogP contribution in [0.3, 0.4) is 0 Å². The van der Waals surface area contributed by atoms with Gasteiger partial charge < -0.3 is 9.84 Å². The van der Waals surface area contributed by atoms with Crippen LogP contribution >= 0.6 is 12.4 Å². The second kappa shape index (κ2) is 10.3. The minimum absolute atomic E-state index is 0. The molecule has 4 nitrogen and oxygen atoms in total. The van der Waals surface area contributed by atoms with Crippen LogP contribution < -0.4 is 4.74 Å². The lowest BCUT2D eigenvalue weighted by atomic mass is 9.85. The Balaban J connectivity index is 0.00000272. The monoisotopic (exact) mass is 441 g/mol. The highest BCUT2D eigenvalue weighted by atomic mass is 35.5. The second-order valence-corrected chi connectivity index (χ2v) is 8.63. The van der Waals surface area contributed by atoms with Gasteiger partial charge in [-0.25, -0.2) is 0 Å². The maximum atomic E-state index is 11.0. The third-order valence-electron chi connectivity index (χ3n) is 6.41. The topological polar surface area (TPSA) is 49.8 Å². The molecular weight excluding hydrogens is 410 g/mol. The van der Waals surface area contributed by atoms with Gasteiger partial charge in [-0.15, -0.1) is 12.4 Å². The summed E-state index contributed by atoms with van der Waals surface area (Å²) in [6.07, 6.45) is 5.59. The summed E-state index contributed by atoms with van der Waals surface area (Å²) in [5.74, 6) is 0.902. The quantitative estimate of drug-likeness (QED) is 0.547. The normalized spacial score (nSPS) is 16.3. The van der Waals surface area contributed by atoms with Crippen LogP contribution in [0.2, 0.25) is 0 Å². The summed E-state index contributed by atoms with van der Waals surface area (Å²) in [6.45, 7) is 6.63. The number of hydrogen-bond acceptors (Lipinski definition) is 3. The van der Waals surface area contributed by atoms with Crippen molar-refractivity contribution in [3.05, 3.63) is 64.7 Å². The number of carboxylic acid groups (broad SMARTS) is 1. The number of rotatable bonds is 8. The van der Waals surface area contributed by atoms with Gasteiger partial charge in [0.1, 0.15) is 11.5 Å². The highest BCUT2D eigenvalue weighted by Crippen LogP contribution is 2.35. The zero-order valence-electron chi connectivity index (χ0n) is 18.4. The van der Waals surface area contributed by atoms with Crippen molar-refractivity contribution >= 4 is 23.9 Å². The lowest BCUT2D eigenvalue weighted by Gasteiger charge is -2.38. The number of allylic oxidation sites excluding steroid dienone is 1. The van der Waals surface area contributed by atoms with E-state index in [-0.39, 0.29) is 18.3 Å². The molecule has 2 aromatic carbocycles. The highest BCUT2D eigenvalue weighted by Gasteiger charge is 2.33. The van der Waals surface area contributed by atoms with Gasteiger partial charge in [-0.3, -0.25) is 9.69 Å². The smallest absolute Gasteiger partial charge is 0.309 e. The SMILES string of the molecule is CCCCc1ccc(Oc2ccc3c(c2)CCC(CN2CC(C(=O)O)C2)=C3C)cc1.Cl. The number of carbonyl (C=O) groups is 1. The van der Waals surface area contributed by atoms with Crippen molar-refractivity contribution in [2.75, 3.05) is 19.6 Å². The molecule has 0 aromatic heterocycles. The molecule has 1 N–H and O–H groups in total. The van der Waals surface area contributed by atoms with Crippen LogP contribution in [0.25, 0.3) is 5.57 Å². The average molecular weight is 442 g/mol. The largest absolute Gasteiger partial charge is 0.481 e. The summed E-state index contributed by atoms with van der Waals surface area (Å²) in [5.41, 5.74) is 6.76. The lowest BCUT2D eigenvalue weighted by Crippen LogP contribution is -2.50. The third kappa shape index (κ3) is 5.50. The average Bonchev–Trinajstić information content (AvgIpc) is 2.71. The lowest BCUT2D eigenvalue weighted by molar-refractivity contribution is -0.147. The Labute approximate surface area is 191 Å². The number of hydrogen-bond donors (Lipinski definition) is 1. The molecule has 0 amide bonds. The number of ether oxygens (including phenoxy) is 1. The minimum Gasteiger partial charge on any atom is -0.481 e. The van der Waals surface area contributed by atoms with Crippen molar-refractivity contribution in [1.29, 1.82) is 0 Å². The van der Waals surface area contributed by atoms with Crippen LogP contribution in [-0.2, 0) is 17.6 Å². The number of aryl methyl sites for hydroxylation is 2. The fourth-order valence-electron chi connectivity index (χ4n) is 4.43. The molecule has 1 saturated heterocycles. The van der Waals surface area contributed by atoms with Gasteiger partial charge in [-0.1, -0.05) is 37.1 Å². The molecule has 0 spiro atoms. The van der Waals surface area contributed by atoms with Crippen LogP contribution in [-0.4, -0.2) is 35.6 Å². The first-order valence-corrected chi connectivity index (χ1v) is 11.1. The molecule has 0 saturated carbocycles. The number of unbranched alkanes of at least 4 members (excludes halogenated alkanes) is 1. The predicted octanol–water partition coefficient (Wildman–Crippen LogP) is 5.98. The number of nitrogens with zero attached hydrogens (tertiary/aromatic N) is 1. The molecule has 2 aliphatic rings. The van der Waals surface area contributed by atoms with Crippen molar-refractivity contribution in [3.63, 3.8) is 0 Å². The van der Waals surface area contributed by atoms with Crippen molar-refractivity contribution in [1.82, 2.24) is 4.90 Å². The molecule has 1 aliphatic heterocycles. The molecule has 2 aromatic rings. The van der Waals surface area contributed by atoms with E-state index in [4.69, 9.17) is 9.84 Å². The first-order chi connectivity index (χ1) is 14.5. The Kier molecular flexibility index (Phi) is 7.79. The number of carboxylic acids is 1. The molecule has 5 heteroatoms. The molecule has 31 heavy (non-hydrogen) atoms. The van der Waals surface area contributed by atoms with E-state index in [1.807, 2.05) is 0 Å². The summed E-state index contributed by atoms with van der Waals surface area (Å²) in [4.78, 5) is 13.3. The van der Waals surface area contributed by atoms with Gasteiger partial charge in [0.25, 0.3) is 0 Å². The summed E-state index contributed by atoms with van der Waals surface area (Å²) in [7, 11) is 0. The number of halogens is 1. The third-order valence-corrected chi connectivity index (χ3v) is 6.41. The first-order valence-electron chi connectivity index (χ1n) is 11.1. The zero-order valence-corrected chi connectivity index (χ0v) is 19.2. The maximum Gasteiger partial charge on any atom is 0.309 e. The number of fused-ring (bicyclic) bond motifs is 1. The standard InChI is InChI=1S/C26H31NO3.ClH/c1-3-4-5-19-6-10-23(11-7-19)30-24-12-13-25-18(2)21(9-8-20(25)14-24)15-27-16-22(17-27)26(28)29;/h6-7,10-14,22H,3-5,8-9,15-17H2,1-2H3,(H,28,29);1H. The summed E-state index contributed by atoms with van der Waals surface area (Å²) >= 11 is 0. The molecule has 4 rings (SSSR count). The molecule has 1 aliphatic carbocycles. The second-order valence-electron chi connectivity index (χ2n) is 8.63. The van der Waals surface area contributed by atoms with Crippen LogP contribution in [0.15, 0.2) is 48.0 Å². The first kappa shape index (κ1) is 23.4. The van der Waals surface area contributed by atoms with Crippen LogP contribution in [0, 0.1) is 5.92 Å². The van der Waals surface area contributed by atoms with Crippen molar-refractivity contribution in [2.24, 2.45) is 5.92 Å². The van der Waals surface area contributed by atoms with E-state index in [1.165, 1.54) is 40.7 Å². The minimum atomic E-state index is -0.672. The molecule has 0 radical (unpaired) electrons. The van der Waals surface area contributed by atoms with Crippen molar-refractivity contribution in [2.45, 2.75) is 46.0 Å². The number of likely N-dealkylation sites (tertiary alicyclic amines) is 1. The van der Waals surface area contributed by atoms with E-state index in [9.17, 15) is 4.79 Å². The Morgan fingerprint density at radius 2 is 1.81 bits per heavy atom. The summed E-state index contributed by atoms with van der Waals surface area (Å²) < 4.78 is 6.11. The molecule has 0 unspecified atom stereocenters. The molecular formula is C26H32ClNO3. The van der Waals surface area contributed by atoms with Crippen molar-refractivity contribution < 1.29 is 14.6 Å². The van der Waals surface area contributed by atoms with Gasteiger partial charge in [0, 0.05) is 19.6 Å². The van der Waals surface area contributed by atoms with E-state index in [2.05, 4.69) is 61.2 Å². The fourth-order valence-corrected chi connectivity index (χ4v) is 4.43. The van der Waals surface area contributed by atoms with Gasteiger partial charge in [0.15, 0.2) is 0 Å². The summed E-state index contributed by atoms with van der Waals surface area (Å²) in [5, 5.41) is 9.07. The Hall–Kier alpha value is -2.30. The molecule has 0 bridgehead atoms. The van der Waals surface area contributed by atoms with E-state index < -0.39 is 5.97 Å². The fraction of sp³-hybridized carbons (Fsp3) is 0.423. The van der Waals surface area contributed by atoms with Crippen LogP contribution in [0.5, 0.6) is 11.5 Å². The van der Waals surface area contributed by atoms with E-state index in [0.29, 0.717) is 13.1 Å². The molecule has 1 fully saturated rings. The Morgan fingerprint density at radius 3 is 2.48 bits per heavy atom. The highest BCUT2D eigenvalue weighted by molar-refractivity contribution is 5.85. The van der Waals surface area contributed by atoms with Gasteiger partial charge in [0.05, 0.1) is 5.92 Å². The maximum absolute atomic E-state index is 11.0. The van der Waals surface area contributed by atoms with Gasteiger partial charge in [0.2, 0.25) is 0 Å². The Morgan fingerprint density at radius 1 is 1.10 bits per heavy atom. The zero-order chi connectivity index (χ0) is 21.1. The molecule has 1 heterocycles. The van der Waals surface area contributed by atoms with E-state index in [1.54, 1.807) is 0 Å². The van der Waals surface area contributed by atoms with Crippen LogP contribution in [0.4, 0.5) is 0 Å². The number of benzene rings is 2. The van der Waals surface area contributed by atoms with E-state index >= 15 is 0 Å². The van der Waals surface area contributed by atoms with E-state index in [0.717, 1.165) is 37.3 Å². The Bertz CT molecular complexity index is 946. The number of aliphatic carboxylic acids is 1. The van der Waals surface area contributed by atoms with Gasteiger partial charge in [-0.05, 0) is 79.1 Å². The predicted molar refractivity (Wildman–Crippen MR) is 127 cm³/mol. The van der Waals surface area contributed by atoms with Gasteiger partial charge in [-0.2, -0.15) is 0 Å². The summed E-state index contributed by atoms with van der Waals surface area (Å²) in [6, 6.07) is 14.8. The van der Waals surface area contributed by atoms with Crippen LogP contribution in [0.1, 0.15) is 49.8 Å². The molecule has 166 valence electrons. The van der Waals surface area contributed by atoms with Crippen molar-refractivity contribution in [3.8, 4) is 11.5 Å².